The molecule has 2 aliphatic rings. The Morgan fingerprint density at radius 2 is 2.04 bits per heavy atom. The smallest absolute Gasteiger partial charge is 0.238 e. The summed E-state index contributed by atoms with van der Waals surface area (Å²) < 4.78 is 0. The summed E-state index contributed by atoms with van der Waals surface area (Å²) in [7, 11) is 0. The highest BCUT2D eigenvalue weighted by Gasteiger charge is 2.41. The first-order valence-corrected chi connectivity index (χ1v) is 9.50. The minimum Gasteiger partial charge on any atom is -0.357 e. The number of nitrogens with one attached hydrogen (secondary N) is 1. The van der Waals surface area contributed by atoms with Crippen LogP contribution in [0.2, 0.25) is 0 Å². The number of benzene rings is 1. The molecule has 1 N–H and O–H groups in total. The van der Waals surface area contributed by atoms with E-state index in [0.29, 0.717) is 12.8 Å². The van der Waals surface area contributed by atoms with Crippen LogP contribution in [0.25, 0.3) is 0 Å². The molecule has 0 aromatic heterocycles. The number of allylic oxidation sites excluding steroid dienone is 1. The van der Waals surface area contributed by atoms with Crippen LogP contribution in [0, 0.1) is 5.41 Å². The number of alkyl halides is 1. The Morgan fingerprint density at radius 3 is 2.71 bits per heavy atom. The van der Waals surface area contributed by atoms with Gasteiger partial charge in [-0.3, -0.25) is 9.59 Å². The van der Waals surface area contributed by atoms with Crippen LogP contribution in [0.3, 0.4) is 0 Å². The molecule has 128 valence electrons. The number of hydrogen-bond donors (Lipinski definition) is 1. The van der Waals surface area contributed by atoms with Crippen LogP contribution in [0.15, 0.2) is 35.5 Å². The molecule has 0 saturated carbocycles. The molecule has 1 atom stereocenters. The highest BCUT2D eigenvalue weighted by molar-refractivity contribution is 9.09. The van der Waals surface area contributed by atoms with Crippen molar-refractivity contribution in [2.24, 2.45) is 5.41 Å². The molecule has 0 bridgehead atoms. The van der Waals surface area contributed by atoms with Crippen molar-refractivity contribution < 1.29 is 9.59 Å². The molecule has 3 rings (SSSR count). The average molecular weight is 391 g/mol. The number of fused-ring (bicyclic) bond motifs is 1. The Labute approximate surface area is 151 Å². The van der Waals surface area contributed by atoms with Gasteiger partial charge in [-0.1, -0.05) is 48.8 Å². The maximum Gasteiger partial charge on any atom is 0.238 e. The van der Waals surface area contributed by atoms with E-state index in [1.54, 1.807) is 4.90 Å². The molecular formula is C19H23BrN2O2. The summed E-state index contributed by atoms with van der Waals surface area (Å²) in [4.78, 5) is 27.4. The van der Waals surface area contributed by atoms with Gasteiger partial charge in [0.2, 0.25) is 5.91 Å². The summed E-state index contributed by atoms with van der Waals surface area (Å²) in [5.41, 5.74) is 3.42. The number of para-hydroxylation sites is 2. The number of amides is 1. The monoisotopic (exact) mass is 390 g/mol. The maximum absolute atomic E-state index is 12.9. The van der Waals surface area contributed by atoms with Crippen LogP contribution in [-0.2, 0) is 9.59 Å². The summed E-state index contributed by atoms with van der Waals surface area (Å²) >= 11 is 3.29. The van der Waals surface area contributed by atoms with Crippen LogP contribution in [-0.4, -0.2) is 23.1 Å². The van der Waals surface area contributed by atoms with E-state index in [9.17, 15) is 9.59 Å². The number of ketones is 1. The fourth-order valence-electron chi connectivity index (χ4n) is 3.84. The number of hydrogen-bond acceptors (Lipinski definition) is 3. The van der Waals surface area contributed by atoms with E-state index in [-0.39, 0.29) is 28.5 Å². The van der Waals surface area contributed by atoms with E-state index in [0.717, 1.165) is 29.1 Å². The molecule has 1 heterocycles. The van der Waals surface area contributed by atoms with Gasteiger partial charge >= 0.3 is 0 Å². The van der Waals surface area contributed by atoms with Gasteiger partial charge in [-0.15, -0.1) is 0 Å². The van der Waals surface area contributed by atoms with Gasteiger partial charge in [0.1, 0.15) is 0 Å². The van der Waals surface area contributed by atoms with Gasteiger partial charge in [-0.25, -0.2) is 0 Å². The molecule has 0 fully saturated rings. The van der Waals surface area contributed by atoms with Gasteiger partial charge < -0.3 is 10.2 Å². The SMILES string of the molecule is CC[C@@H]1C2=C(CC(C)(C)CC2=O)Nc2ccccc2N1C(=O)CBr. The first kappa shape index (κ1) is 17.2. The summed E-state index contributed by atoms with van der Waals surface area (Å²) in [6.45, 7) is 6.27. The molecule has 0 radical (unpaired) electrons. The zero-order valence-corrected chi connectivity index (χ0v) is 15.9. The minimum absolute atomic E-state index is 0.0255. The number of nitrogens with zero attached hydrogens (tertiary/aromatic N) is 1. The second-order valence-electron chi connectivity index (χ2n) is 7.30. The summed E-state index contributed by atoms with van der Waals surface area (Å²) in [6.07, 6.45) is 2.05. The first-order chi connectivity index (χ1) is 11.4. The summed E-state index contributed by atoms with van der Waals surface area (Å²) in [6, 6.07) is 7.57. The third kappa shape index (κ3) is 2.90. The highest BCUT2D eigenvalue weighted by atomic mass is 79.9. The molecule has 1 aliphatic heterocycles. The van der Waals surface area contributed by atoms with Gasteiger partial charge in [0.25, 0.3) is 0 Å². The highest BCUT2D eigenvalue weighted by Crippen LogP contribution is 2.44. The second-order valence-corrected chi connectivity index (χ2v) is 7.86. The molecule has 0 spiro atoms. The number of carbonyl (C=O) groups is 2. The van der Waals surface area contributed by atoms with Crippen molar-refractivity contribution in [3.63, 3.8) is 0 Å². The molecule has 1 aromatic rings. The third-order valence-corrected chi connectivity index (χ3v) is 5.26. The standard InChI is InChI=1S/C19H23BrN2O2/c1-4-14-18-13(9-19(2,3)10-16(18)23)21-12-7-5-6-8-15(12)22(14)17(24)11-20/h5-8,14,21H,4,9-11H2,1-3H3/t14-/m1/s1. The molecule has 4 nitrogen and oxygen atoms in total. The van der Waals surface area contributed by atoms with Crippen molar-refractivity contribution in [2.45, 2.75) is 46.1 Å². The topological polar surface area (TPSA) is 49.4 Å². The number of rotatable bonds is 2. The first-order valence-electron chi connectivity index (χ1n) is 8.38. The summed E-state index contributed by atoms with van der Waals surface area (Å²) in [5, 5.41) is 3.71. The lowest BCUT2D eigenvalue weighted by Gasteiger charge is -2.36. The van der Waals surface area contributed by atoms with Crippen LogP contribution < -0.4 is 10.2 Å². The zero-order valence-electron chi connectivity index (χ0n) is 14.4. The normalized spacial score (nSPS) is 22.4. The van der Waals surface area contributed by atoms with Gasteiger partial charge in [0.15, 0.2) is 5.78 Å². The maximum atomic E-state index is 12.9. The number of anilines is 2. The van der Waals surface area contributed by atoms with Crippen LogP contribution in [0.5, 0.6) is 0 Å². The van der Waals surface area contributed by atoms with E-state index in [1.807, 2.05) is 31.2 Å². The molecule has 1 amide bonds. The largest absolute Gasteiger partial charge is 0.357 e. The lowest BCUT2D eigenvalue weighted by Crippen LogP contribution is -2.45. The molecule has 0 saturated heterocycles. The number of Topliss-reactive ketones (excluding diaryl/α,β-unsaturated/α-hetero) is 1. The average Bonchev–Trinajstić information content (AvgIpc) is 2.66. The summed E-state index contributed by atoms with van der Waals surface area (Å²) in [5.74, 6) is 0.128. The molecule has 1 aliphatic carbocycles. The van der Waals surface area contributed by atoms with Crippen molar-refractivity contribution in [3.8, 4) is 0 Å². The van der Waals surface area contributed by atoms with Crippen molar-refractivity contribution in [1.29, 1.82) is 0 Å². The fraction of sp³-hybridized carbons (Fsp3) is 0.474. The Morgan fingerprint density at radius 1 is 1.33 bits per heavy atom. The number of halogens is 1. The van der Waals surface area contributed by atoms with Gasteiger partial charge in [0, 0.05) is 17.7 Å². The second kappa shape index (κ2) is 6.36. The van der Waals surface area contributed by atoms with Crippen molar-refractivity contribution in [2.75, 3.05) is 15.5 Å². The Kier molecular flexibility index (Phi) is 4.56. The van der Waals surface area contributed by atoms with E-state index in [1.165, 1.54) is 0 Å². The van der Waals surface area contributed by atoms with Crippen LogP contribution in [0.1, 0.15) is 40.0 Å². The molecule has 1 aromatic carbocycles. The van der Waals surface area contributed by atoms with Crippen molar-refractivity contribution in [3.05, 3.63) is 35.5 Å². The lowest BCUT2D eigenvalue weighted by molar-refractivity contribution is -0.118. The van der Waals surface area contributed by atoms with Crippen LogP contribution in [0.4, 0.5) is 11.4 Å². The third-order valence-electron chi connectivity index (χ3n) is 4.78. The van der Waals surface area contributed by atoms with E-state index in [4.69, 9.17) is 0 Å². The lowest BCUT2D eigenvalue weighted by atomic mass is 9.74. The molecule has 24 heavy (non-hydrogen) atoms. The van der Waals surface area contributed by atoms with E-state index >= 15 is 0 Å². The molecule has 0 unspecified atom stereocenters. The predicted octanol–water partition coefficient (Wildman–Crippen LogP) is 4.26. The predicted molar refractivity (Wildman–Crippen MR) is 100 cm³/mol. The van der Waals surface area contributed by atoms with Gasteiger partial charge in [-0.2, -0.15) is 0 Å². The molecule has 5 heteroatoms. The Balaban J connectivity index is 2.21. The fourth-order valence-corrected chi connectivity index (χ4v) is 4.11. The van der Waals surface area contributed by atoms with Crippen LogP contribution >= 0.6 is 15.9 Å². The Hall–Kier alpha value is -1.62. The van der Waals surface area contributed by atoms with Gasteiger partial charge in [-0.05, 0) is 30.4 Å². The quantitative estimate of drug-likeness (QED) is 0.767. The Bertz CT molecular complexity index is 724. The van der Waals surface area contributed by atoms with Crippen molar-refractivity contribution >= 4 is 39.0 Å². The van der Waals surface area contributed by atoms with Crippen molar-refractivity contribution in [1.82, 2.24) is 0 Å². The minimum atomic E-state index is -0.218. The van der Waals surface area contributed by atoms with E-state index < -0.39 is 0 Å². The van der Waals surface area contributed by atoms with E-state index in [2.05, 4.69) is 35.1 Å². The number of carbonyl (C=O) groups excluding carboxylic acids is 2. The molecular weight excluding hydrogens is 368 g/mol. The van der Waals surface area contributed by atoms with Gasteiger partial charge in [0.05, 0.1) is 22.7 Å². The zero-order chi connectivity index (χ0) is 17.5.